The molecule has 0 spiro atoms. The van der Waals surface area contributed by atoms with E-state index < -0.39 is 18.8 Å². The first-order chi connectivity index (χ1) is 16.9. The second kappa shape index (κ2) is 11.1. The van der Waals surface area contributed by atoms with Gasteiger partial charge in [0.15, 0.2) is 6.61 Å². The molecular formula is C24H18F3IN6O. The topological polar surface area (TPSA) is 75.5 Å². The summed E-state index contributed by atoms with van der Waals surface area (Å²) in [4.78, 5) is 14.2. The van der Waals surface area contributed by atoms with Gasteiger partial charge in [0.1, 0.15) is 0 Å². The number of aromatic nitrogens is 3. The molecule has 0 atom stereocenters. The highest BCUT2D eigenvalue weighted by atomic mass is 127. The van der Waals surface area contributed by atoms with E-state index in [-0.39, 0.29) is 11.9 Å². The lowest BCUT2D eigenvalue weighted by atomic mass is 10.2. The van der Waals surface area contributed by atoms with Crippen LogP contribution < -0.4 is 15.1 Å². The Balaban J connectivity index is 1.72. The fourth-order valence-corrected chi connectivity index (χ4v) is 3.56. The van der Waals surface area contributed by atoms with Crippen molar-refractivity contribution in [1.29, 1.82) is 0 Å². The van der Waals surface area contributed by atoms with E-state index in [0.29, 0.717) is 11.4 Å². The first kappa shape index (κ1) is 24.4. The van der Waals surface area contributed by atoms with Crippen molar-refractivity contribution in [2.45, 2.75) is 6.18 Å². The van der Waals surface area contributed by atoms with Crippen molar-refractivity contribution in [1.82, 2.24) is 15.0 Å². The molecular weight excluding hydrogens is 572 g/mol. The summed E-state index contributed by atoms with van der Waals surface area (Å²) in [5.74, 6) is -0.0209. The Hall–Kier alpha value is -3.74. The van der Waals surface area contributed by atoms with Crippen LogP contribution in [0.1, 0.15) is 5.56 Å². The zero-order valence-corrected chi connectivity index (χ0v) is 20.2. The normalized spacial score (nSPS) is 11.4. The van der Waals surface area contributed by atoms with Crippen molar-refractivity contribution >= 4 is 52.1 Å². The third kappa shape index (κ3) is 7.12. The van der Waals surface area contributed by atoms with Gasteiger partial charge in [0.2, 0.25) is 5.95 Å². The molecule has 0 bridgehead atoms. The predicted molar refractivity (Wildman–Crippen MR) is 136 cm³/mol. The zero-order valence-electron chi connectivity index (χ0n) is 18.0. The second-order valence-electron chi connectivity index (χ2n) is 7.08. The Bertz CT molecular complexity index is 1250. The van der Waals surface area contributed by atoms with Gasteiger partial charge in [-0.25, -0.2) is 5.43 Å². The van der Waals surface area contributed by atoms with Gasteiger partial charge in [0.05, 0.1) is 6.21 Å². The summed E-state index contributed by atoms with van der Waals surface area (Å²) >= 11 is 2.18. The van der Waals surface area contributed by atoms with Crippen LogP contribution in [0.4, 0.5) is 36.4 Å². The molecule has 11 heteroatoms. The molecule has 35 heavy (non-hydrogen) atoms. The average molecular weight is 590 g/mol. The molecule has 178 valence electrons. The van der Waals surface area contributed by atoms with Crippen molar-refractivity contribution in [3.8, 4) is 6.01 Å². The van der Waals surface area contributed by atoms with E-state index >= 15 is 0 Å². The van der Waals surface area contributed by atoms with Crippen LogP contribution in [0.25, 0.3) is 0 Å². The zero-order chi connectivity index (χ0) is 24.7. The highest BCUT2D eigenvalue weighted by Gasteiger charge is 2.29. The number of hydrogen-bond acceptors (Lipinski definition) is 7. The number of rotatable bonds is 8. The molecule has 7 nitrogen and oxygen atoms in total. The smallest absolute Gasteiger partial charge is 0.422 e. The summed E-state index contributed by atoms with van der Waals surface area (Å²) in [5.41, 5.74) is 4.88. The summed E-state index contributed by atoms with van der Waals surface area (Å²) in [5, 5.41) is 4.12. The van der Waals surface area contributed by atoms with E-state index in [2.05, 4.69) is 48.1 Å². The molecule has 0 aliphatic carbocycles. The summed E-state index contributed by atoms with van der Waals surface area (Å²) in [6.45, 7) is -1.54. The number of benzene rings is 3. The van der Waals surface area contributed by atoms with Gasteiger partial charge in [0.25, 0.3) is 5.95 Å². The summed E-state index contributed by atoms with van der Waals surface area (Å²) in [7, 11) is 0. The molecule has 0 amide bonds. The number of nitrogens with zero attached hydrogens (tertiary/aromatic N) is 5. The number of hydrogen-bond donors (Lipinski definition) is 1. The largest absolute Gasteiger partial charge is 0.454 e. The monoisotopic (exact) mass is 590 g/mol. The molecule has 3 aromatic carbocycles. The molecule has 1 heterocycles. The van der Waals surface area contributed by atoms with Crippen LogP contribution in [0.15, 0.2) is 90.0 Å². The average Bonchev–Trinajstić information content (AvgIpc) is 2.84. The molecule has 4 rings (SSSR count). The Morgan fingerprint density at radius 1 is 0.886 bits per heavy atom. The van der Waals surface area contributed by atoms with Gasteiger partial charge in [-0.05, 0) is 64.6 Å². The first-order valence-electron chi connectivity index (χ1n) is 10.3. The lowest BCUT2D eigenvalue weighted by Crippen LogP contribution is -2.21. The van der Waals surface area contributed by atoms with Crippen LogP contribution in [-0.4, -0.2) is 33.9 Å². The molecule has 4 aromatic rings. The third-order valence-corrected chi connectivity index (χ3v) is 5.09. The number of halogens is 4. The van der Waals surface area contributed by atoms with Crippen LogP contribution in [0, 0.1) is 3.57 Å². The van der Waals surface area contributed by atoms with Crippen molar-refractivity contribution in [3.05, 3.63) is 94.1 Å². The van der Waals surface area contributed by atoms with E-state index in [9.17, 15) is 13.2 Å². The summed E-state index contributed by atoms with van der Waals surface area (Å²) in [6, 6.07) is 25.4. The van der Waals surface area contributed by atoms with E-state index in [1.807, 2.05) is 84.9 Å². The number of hydrazone groups is 1. The Labute approximate surface area is 212 Å². The SMILES string of the molecule is FC(F)(F)COc1nc(N/N=C/c2cccc(I)c2)nc(N(c2ccccc2)c2ccccc2)n1. The first-order valence-corrected chi connectivity index (χ1v) is 11.4. The summed E-state index contributed by atoms with van der Waals surface area (Å²) < 4.78 is 44.3. The molecule has 0 fully saturated rings. The molecule has 1 N–H and O–H groups in total. The molecule has 0 aliphatic heterocycles. The second-order valence-corrected chi connectivity index (χ2v) is 8.32. The lowest BCUT2D eigenvalue weighted by Gasteiger charge is -2.23. The minimum absolute atomic E-state index is 0.0570. The summed E-state index contributed by atoms with van der Waals surface area (Å²) in [6.07, 6.45) is -3.00. The fourth-order valence-electron chi connectivity index (χ4n) is 2.99. The molecule has 0 saturated carbocycles. The highest BCUT2D eigenvalue weighted by molar-refractivity contribution is 14.1. The van der Waals surface area contributed by atoms with Gasteiger partial charge in [-0.2, -0.15) is 33.2 Å². The standard InChI is InChI=1S/C24H18F3IN6O/c25-24(26,27)16-35-23-31-21(33-29-15-17-8-7-9-18(28)14-17)30-22(32-23)34(19-10-3-1-4-11-19)20-12-5-2-6-13-20/h1-15H,16H2,(H,30,31,32,33)/b29-15+. The van der Waals surface area contributed by atoms with Crippen molar-refractivity contribution in [2.75, 3.05) is 16.9 Å². The van der Waals surface area contributed by atoms with E-state index in [1.54, 1.807) is 11.1 Å². The molecule has 1 aromatic heterocycles. The van der Waals surface area contributed by atoms with Gasteiger partial charge in [-0.1, -0.05) is 48.5 Å². The molecule has 0 unspecified atom stereocenters. The minimum atomic E-state index is -4.55. The van der Waals surface area contributed by atoms with Crippen LogP contribution in [0.3, 0.4) is 0 Å². The number of anilines is 4. The Morgan fingerprint density at radius 3 is 2.14 bits per heavy atom. The van der Waals surface area contributed by atoms with Crippen LogP contribution in [0.2, 0.25) is 0 Å². The fraction of sp³-hybridized carbons (Fsp3) is 0.0833. The highest BCUT2D eigenvalue weighted by Crippen LogP contribution is 2.33. The van der Waals surface area contributed by atoms with Crippen molar-refractivity contribution in [3.63, 3.8) is 0 Å². The Morgan fingerprint density at radius 2 is 1.54 bits per heavy atom. The van der Waals surface area contributed by atoms with Gasteiger partial charge >= 0.3 is 12.2 Å². The van der Waals surface area contributed by atoms with Crippen LogP contribution in [0.5, 0.6) is 6.01 Å². The Kier molecular flexibility index (Phi) is 7.75. The number of nitrogens with one attached hydrogen (secondary N) is 1. The maximum atomic E-state index is 12.8. The van der Waals surface area contributed by atoms with Gasteiger partial charge in [0, 0.05) is 14.9 Å². The molecule has 0 saturated heterocycles. The third-order valence-electron chi connectivity index (χ3n) is 4.42. The maximum Gasteiger partial charge on any atom is 0.422 e. The quantitative estimate of drug-likeness (QED) is 0.147. The van der Waals surface area contributed by atoms with Gasteiger partial charge in [-0.3, -0.25) is 4.90 Å². The predicted octanol–water partition coefficient (Wildman–Crippen LogP) is 6.33. The van der Waals surface area contributed by atoms with Crippen molar-refractivity contribution < 1.29 is 17.9 Å². The van der Waals surface area contributed by atoms with Crippen LogP contribution >= 0.6 is 22.6 Å². The maximum absolute atomic E-state index is 12.8. The molecule has 0 radical (unpaired) electrons. The number of alkyl halides is 3. The molecule has 0 aliphatic rings. The minimum Gasteiger partial charge on any atom is -0.454 e. The number of ether oxygens (including phenoxy) is 1. The van der Waals surface area contributed by atoms with Crippen LogP contribution in [-0.2, 0) is 0 Å². The van der Waals surface area contributed by atoms with E-state index in [1.165, 1.54) is 0 Å². The van der Waals surface area contributed by atoms with E-state index in [0.717, 1.165) is 9.13 Å². The van der Waals surface area contributed by atoms with Gasteiger partial charge in [-0.15, -0.1) is 0 Å². The lowest BCUT2D eigenvalue weighted by molar-refractivity contribution is -0.154. The van der Waals surface area contributed by atoms with Crippen molar-refractivity contribution in [2.24, 2.45) is 5.10 Å². The van der Waals surface area contributed by atoms with Gasteiger partial charge < -0.3 is 4.74 Å². The number of para-hydroxylation sites is 2. The van der Waals surface area contributed by atoms with E-state index in [4.69, 9.17) is 4.74 Å².